The van der Waals surface area contributed by atoms with E-state index in [1.54, 1.807) is 0 Å². The van der Waals surface area contributed by atoms with E-state index in [0.717, 1.165) is 19.4 Å². The largest absolute Gasteiger partial charge is 0.391 e. The second kappa shape index (κ2) is 9.49. The van der Waals surface area contributed by atoms with Gasteiger partial charge >= 0.3 is 6.18 Å². The van der Waals surface area contributed by atoms with Gasteiger partial charge < -0.3 is 9.84 Å². The van der Waals surface area contributed by atoms with E-state index >= 15 is 4.39 Å². The molecule has 8 nitrogen and oxygen atoms in total. The number of rotatable bonds is 5. The van der Waals surface area contributed by atoms with Gasteiger partial charge in [-0.25, -0.2) is 15.2 Å². The Balaban J connectivity index is 1.32. The number of alkyl halides is 4. The Kier molecular flexibility index (Phi) is 7.15. The van der Waals surface area contributed by atoms with Crippen molar-refractivity contribution in [3.8, 4) is 0 Å². The molecule has 4 fully saturated rings. The number of nitrogens with one attached hydrogen (secondary N) is 5. The lowest BCUT2D eigenvalue weighted by Crippen LogP contribution is -2.69. The molecule has 4 aliphatic rings. The lowest BCUT2D eigenvalue weighted by Gasteiger charge is -2.45. The second-order valence-electron chi connectivity index (χ2n) is 8.73. The summed E-state index contributed by atoms with van der Waals surface area (Å²) in [6, 6.07) is 0.118. The molecular formula is C18H32F4N6O2. The van der Waals surface area contributed by atoms with Crippen LogP contribution in [0.2, 0.25) is 0 Å². The first-order chi connectivity index (χ1) is 14.3. The minimum Gasteiger partial charge on any atom is -0.355 e. The Hall–Kier alpha value is -0.600. The van der Waals surface area contributed by atoms with Crippen molar-refractivity contribution in [2.24, 2.45) is 11.8 Å². The first-order valence-corrected chi connectivity index (χ1v) is 10.8. The van der Waals surface area contributed by atoms with Crippen LogP contribution in [0.25, 0.3) is 0 Å². The van der Waals surface area contributed by atoms with Crippen LogP contribution in [0.4, 0.5) is 17.6 Å². The summed E-state index contributed by atoms with van der Waals surface area (Å²) in [6.45, 7) is 1.46. The van der Waals surface area contributed by atoms with Crippen LogP contribution in [0.1, 0.15) is 38.5 Å². The number of hydrazine groups is 1. The molecule has 6 N–H and O–H groups in total. The lowest BCUT2D eigenvalue weighted by molar-refractivity contribution is -0.185. The molecule has 0 aromatic rings. The third kappa shape index (κ3) is 5.07. The van der Waals surface area contributed by atoms with Crippen molar-refractivity contribution < 1.29 is 27.4 Å². The number of hydrogen-bond acceptors (Lipinski definition) is 8. The molecule has 0 amide bonds. The molecule has 1 saturated carbocycles. The Morgan fingerprint density at radius 3 is 2.50 bits per heavy atom. The molecule has 3 saturated heterocycles. The second-order valence-corrected chi connectivity index (χ2v) is 8.73. The summed E-state index contributed by atoms with van der Waals surface area (Å²) >= 11 is 0. The Morgan fingerprint density at radius 2 is 1.83 bits per heavy atom. The van der Waals surface area contributed by atoms with Gasteiger partial charge in [0.15, 0.2) is 6.17 Å². The van der Waals surface area contributed by atoms with Gasteiger partial charge in [-0.15, -0.1) is 0 Å². The lowest BCUT2D eigenvalue weighted by atomic mass is 9.77. The highest BCUT2D eigenvalue weighted by Gasteiger charge is 2.46. The summed E-state index contributed by atoms with van der Waals surface area (Å²) in [7, 11) is 0. The molecule has 0 aromatic carbocycles. The van der Waals surface area contributed by atoms with Crippen LogP contribution in [0.15, 0.2) is 0 Å². The SMILES string of the molecule is OC1NNC(CNC2NCNC(N3CCCC3C3CCC(C(F)(F)F)CC3)C2F)O1. The summed E-state index contributed by atoms with van der Waals surface area (Å²) < 4.78 is 59.5. The zero-order chi connectivity index (χ0) is 21.3. The first kappa shape index (κ1) is 22.6. The molecule has 0 radical (unpaired) electrons. The number of halogens is 4. The van der Waals surface area contributed by atoms with Crippen molar-refractivity contribution in [1.82, 2.24) is 31.7 Å². The number of hydrogen-bond donors (Lipinski definition) is 6. The van der Waals surface area contributed by atoms with E-state index in [9.17, 15) is 18.3 Å². The molecule has 30 heavy (non-hydrogen) atoms. The maximum Gasteiger partial charge on any atom is 0.391 e. The monoisotopic (exact) mass is 440 g/mol. The van der Waals surface area contributed by atoms with E-state index in [0.29, 0.717) is 26.1 Å². The van der Waals surface area contributed by atoms with Crippen molar-refractivity contribution in [3.05, 3.63) is 0 Å². The Bertz CT molecular complexity index is 565. The van der Waals surface area contributed by atoms with Gasteiger partial charge in [0.2, 0.25) is 6.41 Å². The average Bonchev–Trinajstić information content (AvgIpc) is 3.36. The highest BCUT2D eigenvalue weighted by molar-refractivity contribution is 4.97. The average molecular weight is 440 g/mol. The highest BCUT2D eigenvalue weighted by Crippen LogP contribution is 2.43. The summed E-state index contributed by atoms with van der Waals surface area (Å²) in [5.74, 6) is -1.01. The van der Waals surface area contributed by atoms with Crippen molar-refractivity contribution in [2.75, 3.05) is 19.8 Å². The van der Waals surface area contributed by atoms with Crippen molar-refractivity contribution in [3.63, 3.8) is 0 Å². The zero-order valence-electron chi connectivity index (χ0n) is 16.8. The van der Waals surface area contributed by atoms with Gasteiger partial charge in [-0.05, 0) is 44.4 Å². The fourth-order valence-corrected chi connectivity index (χ4v) is 5.38. The molecule has 6 atom stereocenters. The van der Waals surface area contributed by atoms with Crippen LogP contribution in [0.3, 0.4) is 0 Å². The smallest absolute Gasteiger partial charge is 0.355 e. The van der Waals surface area contributed by atoms with Crippen LogP contribution >= 0.6 is 0 Å². The maximum absolute atomic E-state index is 15.4. The first-order valence-electron chi connectivity index (χ1n) is 10.8. The van der Waals surface area contributed by atoms with E-state index in [-0.39, 0.29) is 24.8 Å². The van der Waals surface area contributed by atoms with Gasteiger partial charge in [0.05, 0.1) is 18.2 Å². The Labute approximate surface area is 173 Å². The number of nitrogens with zero attached hydrogens (tertiary/aromatic N) is 1. The molecule has 0 spiro atoms. The molecule has 0 bridgehead atoms. The van der Waals surface area contributed by atoms with Crippen molar-refractivity contribution >= 4 is 0 Å². The zero-order valence-corrected chi connectivity index (χ0v) is 16.8. The van der Waals surface area contributed by atoms with Gasteiger partial charge in [-0.3, -0.25) is 20.9 Å². The molecule has 3 aliphatic heterocycles. The maximum atomic E-state index is 15.4. The highest BCUT2D eigenvalue weighted by atomic mass is 19.4. The summed E-state index contributed by atoms with van der Waals surface area (Å²) in [5.41, 5.74) is 5.26. The minimum absolute atomic E-state index is 0.118. The van der Waals surface area contributed by atoms with Crippen LogP contribution in [-0.2, 0) is 4.74 Å². The van der Waals surface area contributed by atoms with E-state index < -0.39 is 43.2 Å². The van der Waals surface area contributed by atoms with E-state index in [4.69, 9.17) is 4.74 Å². The van der Waals surface area contributed by atoms with Gasteiger partial charge in [-0.1, -0.05) is 0 Å². The Morgan fingerprint density at radius 1 is 1.07 bits per heavy atom. The molecule has 4 rings (SSSR count). The van der Waals surface area contributed by atoms with Crippen molar-refractivity contribution in [2.45, 2.75) is 81.9 Å². The van der Waals surface area contributed by atoms with Gasteiger partial charge in [0.25, 0.3) is 0 Å². The number of likely N-dealkylation sites (tertiary alicyclic amines) is 1. The molecule has 0 aromatic heterocycles. The van der Waals surface area contributed by atoms with Crippen molar-refractivity contribution in [1.29, 1.82) is 0 Å². The van der Waals surface area contributed by atoms with Gasteiger partial charge in [0, 0.05) is 25.8 Å². The van der Waals surface area contributed by atoms with Gasteiger partial charge in [0.1, 0.15) is 6.23 Å². The number of aliphatic hydroxyl groups excluding tert-OH is 1. The van der Waals surface area contributed by atoms with Crippen LogP contribution in [-0.4, -0.2) is 73.1 Å². The van der Waals surface area contributed by atoms with Crippen LogP contribution < -0.4 is 26.8 Å². The predicted molar refractivity (Wildman–Crippen MR) is 100.0 cm³/mol. The minimum atomic E-state index is -4.11. The third-order valence-corrected chi connectivity index (χ3v) is 6.92. The topological polar surface area (TPSA) is 92.8 Å². The van der Waals surface area contributed by atoms with E-state index in [2.05, 4.69) is 31.7 Å². The number of aliphatic hydroxyl groups is 1. The molecule has 1 aliphatic carbocycles. The fraction of sp³-hybridized carbons (Fsp3) is 1.00. The summed E-state index contributed by atoms with van der Waals surface area (Å²) in [5, 5.41) is 18.6. The molecule has 12 heteroatoms. The summed E-state index contributed by atoms with van der Waals surface area (Å²) in [4.78, 5) is 2.13. The van der Waals surface area contributed by atoms with E-state index in [1.165, 1.54) is 0 Å². The third-order valence-electron chi connectivity index (χ3n) is 6.92. The van der Waals surface area contributed by atoms with E-state index in [1.807, 2.05) is 0 Å². The standard InChI is InChI=1S/C18H32F4N6O2/c19-14-15(23-8-13-26-27-17(29)30-13)24-9-25-16(14)28-7-1-2-12(28)10-3-5-11(6-4-10)18(20,21)22/h10-17,23-27,29H,1-9H2. The van der Waals surface area contributed by atoms with Crippen LogP contribution in [0, 0.1) is 11.8 Å². The predicted octanol–water partition coefficient (Wildman–Crippen LogP) is 0.276. The molecule has 3 heterocycles. The molecular weight excluding hydrogens is 408 g/mol. The normalized spacial score (nSPS) is 43.9. The fourth-order valence-electron chi connectivity index (χ4n) is 5.38. The quantitative estimate of drug-likeness (QED) is 0.340. The number of ether oxygens (including phenoxy) is 1. The summed E-state index contributed by atoms with van der Waals surface area (Å²) in [6.07, 6.45) is -4.72. The molecule has 174 valence electrons. The van der Waals surface area contributed by atoms with Gasteiger partial charge in [-0.2, -0.15) is 13.2 Å². The van der Waals surface area contributed by atoms with Crippen LogP contribution in [0.5, 0.6) is 0 Å². The molecule has 6 unspecified atom stereocenters.